The van der Waals surface area contributed by atoms with Gasteiger partial charge in [0, 0.05) is 16.9 Å². The molecule has 192 valence electrons. The van der Waals surface area contributed by atoms with E-state index in [0.29, 0.717) is 19.4 Å². The van der Waals surface area contributed by atoms with Crippen LogP contribution < -0.4 is 10.6 Å². The van der Waals surface area contributed by atoms with Crippen LogP contribution in [0.15, 0.2) is 30.3 Å². The molecule has 3 fully saturated rings. The third kappa shape index (κ3) is 4.62. The second-order valence-electron chi connectivity index (χ2n) is 11.0. The summed E-state index contributed by atoms with van der Waals surface area (Å²) in [6.45, 7) is 7.82. The Kier molecular flexibility index (Phi) is 7.33. The number of aliphatic hydroxyl groups is 1. The molecule has 3 heterocycles. The quantitative estimate of drug-likeness (QED) is 0.428. The lowest BCUT2D eigenvalue weighted by Crippen LogP contribution is -2.61. The molecule has 3 aliphatic rings. The molecule has 7 atom stereocenters. The monoisotopic (exact) mass is 549 g/mol. The van der Waals surface area contributed by atoms with Crippen LogP contribution in [0.5, 0.6) is 0 Å². The summed E-state index contributed by atoms with van der Waals surface area (Å²) in [5.41, 5.74) is -0.717. The van der Waals surface area contributed by atoms with E-state index in [1.165, 1.54) is 4.90 Å². The minimum atomic E-state index is -1.14. The predicted molar refractivity (Wildman–Crippen MR) is 135 cm³/mol. The zero-order valence-corrected chi connectivity index (χ0v) is 22.4. The van der Waals surface area contributed by atoms with Gasteiger partial charge in [-0.05, 0) is 45.6 Å². The number of nitrogens with zero attached hydrogens (tertiary/aromatic N) is 1. The second-order valence-corrected chi connectivity index (χ2v) is 12.1. The standard InChI is InChI=1S/C26H36BrN3O5/c1-5-11-28-22(32)18-19-24(34)30(16(14-31)12-15-9-7-6-8-10-15)21(23(33)29-25(2,3)4)26(19)13-17(27)20(18)35-26/h6-10,16-21,31H,5,11-14H2,1-4H3,(H,28,32)(H,29,33)/t16-,17?,18-,19+,20-,21?,26?/m1/s1. The van der Waals surface area contributed by atoms with E-state index in [2.05, 4.69) is 26.6 Å². The maximum absolute atomic E-state index is 14.1. The molecule has 35 heavy (non-hydrogen) atoms. The number of alkyl halides is 1. The number of carbonyl (C=O) groups is 3. The minimum absolute atomic E-state index is 0.157. The van der Waals surface area contributed by atoms with E-state index >= 15 is 0 Å². The molecule has 3 aliphatic heterocycles. The predicted octanol–water partition coefficient (Wildman–Crippen LogP) is 1.78. The molecule has 3 saturated heterocycles. The van der Waals surface area contributed by atoms with E-state index in [1.54, 1.807) is 0 Å². The fourth-order valence-electron chi connectivity index (χ4n) is 6.00. The van der Waals surface area contributed by atoms with Crippen LogP contribution in [0.3, 0.4) is 0 Å². The molecular formula is C26H36BrN3O5. The number of likely N-dealkylation sites (tertiary alicyclic amines) is 1. The molecule has 0 aliphatic carbocycles. The smallest absolute Gasteiger partial charge is 0.246 e. The van der Waals surface area contributed by atoms with Crippen LogP contribution in [0.25, 0.3) is 0 Å². The summed E-state index contributed by atoms with van der Waals surface area (Å²) in [7, 11) is 0. The van der Waals surface area contributed by atoms with Gasteiger partial charge in [-0.2, -0.15) is 0 Å². The van der Waals surface area contributed by atoms with Crippen LogP contribution in [-0.4, -0.2) is 75.0 Å². The van der Waals surface area contributed by atoms with Crippen LogP contribution >= 0.6 is 15.9 Å². The second kappa shape index (κ2) is 9.82. The largest absolute Gasteiger partial charge is 0.394 e. The van der Waals surface area contributed by atoms with E-state index in [4.69, 9.17) is 4.74 Å². The highest BCUT2D eigenvalue weighted by Gasteiger charge is 2.77. The Morgan fingerprint density at radius 2 is 1.94 bits per heavy atom. The van der Waals surface area contributed by atoms with Gasteiger partial charge in [0.2, 0.25) is 17.7 Å². The van der Waals surface area contributed by atoms with E-state index < -0.39 is 41.2 Å². The summed E-state index contributed by atoms with van der Waals surface area (Å²) in [5.74, 6) is -2.32. The lowest BCUT2D eigenvalue weighted by atomic mass is 9.70. The summed E-state index contributed by atoms with van der Waals surface area (Å²) in [6, 6.07) is 8.00. The van der Waals surface area contributed by atoms with Crippen molar-refractivity contribution in [1.29, 1.82) is 0 Å². The topological polar surface area (TPSA) is 108 Å². The zero-order valence-electron chi connectivity index (χ0n) is 20.8. The van der Waals surface area contributed by atoms with Crippen LogP contribution in [0.1, 0.15) is 46.1 Å². The summed E-state index contributed by atoms with van der Waals surface area (Å²) in [5, 5.41) is 16.4. The van der Waals surface area contributed by atoms with Gasteiger partial charge >= 0.3 is 0 Å². The molecule has 3 unspecified atom stereocenters. The summed E-state index contributed by atoms with van der Waals surface area (Å²) in [4.78, 5) is 42.5. The molecule has 2 bridgehead atoms. The molecule has 4 rings (SSSR count). The van der Waals surface area contributed by atoms with E-state index in [9.17, 15) is 19.5 Å². The van der Waals surface area contributed by atoms with Crippen molar-refractivity contribution in [2.45, 2.75) is 81.1 Å². The molecule has 8 nitrogen and oxygen atoms in total. The van der Waals surface area contributed by atoms with Gasteiger partial charge in [-0.1, -0.05) is 53.2 Å². The van der Waals surface area contributed by atoms with E-state index in [0.717, 1.165) is 12.0 Å². The molecule has 1 spiro atoms. The molecule has 0 saturated carbocycles. The number of carbonyl (C=O) groups excluding carboxylic acids is 3. The van der Waals surface area contributed by atoms with Crippen molar-refractivity contribution in [2.24, 2.45) is 11.8 Å². The molecule has 3 N–H and O–H groups in total. The first-order valence-electron chi connectivity index (χ1n) is 12.4. The molecule has 9 heteroatoms. The first-order valence-corrected chi connectivity index (χ1v) is 13.3. The normalized spacial score (nSPS) is 32.5. The minimum Gasteiger partial charge on any atom is -0.394 e. The molecule has 1 aromatic rings. The Labute approximate surface area is 215 Å². The van der Waals surface area contributed by atoms with Crippen molar-refractivity contribution in [3.63, 3.8) is 0 Å². The number of benzene rings is 1. The number of aliphatic hydroxyl groups excluding tert-OH is 1. The van der Waals surface area contributed by atoms with Gasteiger partial charge in [-0.25, -0.2) is 0 Å². The number of rotatable bonds is 8. The van der Waals surface area contributed by atoms with Gasteiger partial charge < -0.3 is 25.4 Å². The van der Waals surface area contributed by atoms with Gasteiger partial charge in [0.25, 0.3) is 0 Å². The maximum Gasteiger partial charge on any atom is 0.246 e. The SMILES string of the molecule is CCCNC(=O)[C@H]1[C@@H]2OC3(CC2Br)C(C(=O)NC(C)(C)C)N([C@@H](CO)Cc2ccccc2)C(=O)[C@H]13. The maximum atomic E-state index is 14.1. The molecule has 0 radical (unpaired) electrons. The van der Waals surface area contributed by atoms with Crippen LogP contribution in [0.2, 0.25) is 0 Å². The third-order valence-electron chi connectivity index (χ3n) is 7.24. The van der Waals surface area contributed by atoms with Gasteiger partial charge in [0.05, 0.1) is 30.6 Å². The number of ether oxygens (including phenoxy) is 1. The van der Waals surface area contributed by atoms with Gasteiger partial charge in [-0.15, -0.1) is 0 Å². The number of amides is 3. The average Bonchev–Trinajstić information content (AvgIpc) is 3.38. The Morgan fingerprint density at radius 3 is 2.54 bits per heavy atom. The summed E-state index contributed by atoms with van der Waals surface area (Å²) >= 11 is 3.67. The molecular weight excluding hydrogens is 514 g/mol. The fourth-order valence-corrected chi connectivity index (χ4v) is 6.94. The van der Waals surface area contributed by atoms with E-state index in [-0.39, 0.29) is 29.2 Å². The van der Waals surface area contributed by atoms with Crippen LogP contribution in [0, 0.1) is 11.8 Å². The molecule has 0 aromatic heterocycles. The highest BCUT2D eigenvalue weighted by atomic mass is 79.9. The number of halogens is 1. The molecule has 1 aromatic carbocycles. The Bertz CT molecular complexity index is 967. The first kappa shape index (κ1) is 26.1. The van der Waals surface area contributed by atoms with Gasteiger partial charge in [0.1, 0.15) is 11.6 Å². The number of hydrogen-bond donors (Lipinski definition) is 3. The lowest BCUT2D eigenvalue weighted by Gasteiger charge is -2.38. The Balaban J connectivity index is 1.76. The van der Waals surface area contributed by atoms with Crippen LogP contribution in [-0.2, 0) is 25.5 Å². The van der Waals surface area contributed by atoms with Crippen molar-refractivity contribution in [2.75, 3.05) is 13.2 Å². The third-order valence-corrected chi connectivity index (χ3v) is 8.09. The van der Waals surface area contributed by atoms with Crippen molar-refractivity contribution in [1.82, 2.24) is 15.5 Å². The first-order chi connectivity index (χ1) is 16.5. The van der Waals surface area contributed by atoms with Crippen LogP contribution in [0.4, 0.5) is 0 Å². The Hall–Kier alpha value is -1.97. The fraction of sp³-hybridized carbons (Fsp3) is 0.654. The van der Waals surface area contributed by atoms with Gasteiger partial charge in [0.15, 0.2) is 0 Å². The van der Waals surface area contributed by atoms with E-state index in [1.807, 2.05) is 58.0 Å². The number of fused-ring (bicyclic) bond motifs is 1. The van der Waals surface area contributed by atoms with Crippen molar-refractivity contribution in [3.05, 3.63) is 35.9 Å². The van der Waals surface area contributed by atoms with Crippen molar-refractivity contribution in [3.8, 4) is 0 Å². The summed E-state index contributed by atoms with van der Waals surface area (Å²) in [6.07, 6.45) is 1.11. The highest BCUT2D eigenvalue weighted by molar-refractivity contribution is 9.09. The Morgan fingerprint density at radius 1 is 1.26 bits per heavy atom. The van der Waals surface area contributed by atoms with Crippen molar-refractivity contribution >= 4 is 33.7 Å². The van der Waals surface area contributed by atoms with Crippen molar-refractivity contribution < 1.29 is 24.2 Å². The van der Waals surface area contributed by atoms with Gasteiger partial charge in [-0.3, -0.25) is 14.4 Å². The highest BCUT2D eigenvalue weighted by Crippen LogP contribution is 2.60. The lowest BCUT2D eigenvalue weighted by molar-refractivity contribution is -0.146. The molecule has 3 amide bonds. The average molecular weight is 550 g/mol. The number of nitrogens with one attached hydrogen (secondary N) is 2. The summed E-state index contributed by atoms with van der Waals surface area (Å²) < 4.78 is 6.49. The number of hydrogen-bond acceptors (Lipinski definition) is 5. The zero-order chi connectivity index (χ0) is 25.5.